The second kappa shape index (κ2) is 8.81. The third kappa shape index (κ3) is 6.77. The smallest absolute Gasteiger partial charge is 0.232 e. The Balaban J connectivity index is 2.33. The lowest BCUT2D eigenvalue weighted by molar-refractivity contribution is 0.415. The Morgan fingerprint density at radius 1 is 1.10 bits per heavy atom. The number of unbranched alkanes of at least 4 members (excludes halogenated alkanes) is 1. The van der Waals surface area contributed by atoms with E-state index in [0.29, 0.717) is 17.9 Å². The van der Waals surface area contributed by atoms with Gasteiger partial charge in [0, 0.05) is 5.69 Å². The summed E-state index contributed by atoms with van der Waals surface area (Å²) >= 11 is 0. The average Bonchev–Trinajstić information content (AvgIpc) is 2.43. The number of anilines is 1. The molecule has 1 rings (SSSR count). The van der Waals surface area contributed by atoms with Crippen molar-refractivity contribution in [2.24, 2.45) is 0 Å². The SMILES string of the molecule is CCCNCCCCS(=O)(=O)Nc1ccc(OC)cc1. The van der Waals surface area contributed by atoms with Gasteiger partial charge in [0.2, 0.25) is 10.0 Å². The summed E-state index contributed by atoms with van der Waals surface area (Å²) in [5, 5.41) is 3.25. The summed E-state index contributed by atoms with van der Waals surface area (Å²) in [5.74, 6) is 0.849. The van der Waals surface area contributed by atoms with E-state index in [0.717, 1.165) is 25.9 Å². The number of sulfonamides is 1. The quantitative estimate of drug-likeness (QED) is 0.650. The standard InChI is InChI=1S/C14H24N2O3S/c1-3-10-15-11-4-5-12-20(17,18)16-13-6-8-14(19-2)9-7-13/h6-9,15-16H,3-5,10-12H2,1-2H3. The number of hydrogen-bond donors (Lipinski definition) is 2. The third-order valence-corrected chi connectivity index (χ3v) is 4.18. The maximum Gasteiger partial charge on any atom is 0.232 e. The van der Waals surface area contributed by atoms with Gasteiger partial charge in [-0.3, -0.25) is 4.72 Å². The van der Waals surface area contributed by atoms with Gasteiger partial charge in [-0.15, -0.1) is 0 Å². The zero-order chi connectivity index (χ0) is 14.8. The number of hydrogen-bond acceptors (Lipinski definition) is 4. The molecule has 0 amide bonds. The molecule has 0 saturated heterocycles. The summed E-state index contributed by atoms with van der Waals surface area (Å²) in [6.45, 7) is 3.96. The Bertz CT molecular complexity index is 472. The molecule has 0 aromatic heterocycles. The minimum Gasteiger partial charge on any atom is -0.497 e. The molecule has 0 bridgehead atoms. The minimum atomic E-state index is -3.27. The van der Waals surface area contributed by atoms with E-state index in [-0.39, 0.29) is 5.75 Å². The summed E-state index contributed by atoms with van der Waals surface area (Å²) in [6, 6.07) is 6.84. The Morgan fingerprint density at radius 2 is 1.80 bits per heavy atom. The highest BCUT2D eigenvalue weighted by Gasteiger charge is 2.09. The van der Waals surface area contributed by atoms with Crippen LogP contribution in [0.15, 0.2) is 24.3 Å². The second-order valence-corrected chi connectivity index (χ2v) is 6.45. The highest BCUT2D eigenvalue weighted by Crippen LogP contribution is 2.16. The molecular formula is C14H24N2O3S. The first-order chi connectivity index (χ1) is 9.57. The van der Waals surface area contributed by atoms with Crippen molar-refractivity contribution in [2.75, 3.05) is 30.7 Å². The highest BCUT2D eigenvalue weighted by atomic mass is 32.2. The van der Waals surface area contributed by atoms with Gasteiger partial charge in [-0.05, 0) is 56.6 Å². The van der Waals surface area contributed by atoms with Crippen molar-refractivity contribution in [1.82, 2.24) is 5.32 Å². The number of methoxy groups -OCH3 is 1. The van der Waals surface area contributed by atoms with E-state index in [2.05, 4.69) is 17.0 Å². The molecule has 2 N–H and O–H groups in total. The summed E-state index contributed by atoms with van der Waals surface area (Å²) in [4.78, 5) is 0. The van der Waals surface area contributed by atoms with Gasteiger partial charge < -0.3 is 10.1 Å². The molecule has 0 unspecified atom stereocenters. The van der Waals surface area contributed by atoms with Crippen LogP contribution in [0.1, 0.15) is 26.2 Å². The molecule has 1 aromatic carbocycles. The number of benzene rings is 1. The molecule has 114 valence electrons. The van der Waals surface area contributed by atoms with Crippen molar-refractivity contribution in [2.45, 2.75) is 26.2 Å². The molecule has 0 atom stereocenters. The van der Waals surface area contributed by atoms with E-state index in [1.165, 1.54) is 0 Å². The summed E-state index contributed by atoms with van der Waals surface area (Å²) < 4.78 is 31.4. The van der Waals surface area contributed by atoms with E-state index >= 15 is 0 Å². The molecule has 0 aliphatic rings. The normalized spacial score (nSPS) is 11.3. The maximum absolute atomic E-state index is 11.9. The lowest BCUT2D eigenvalue weighted by Crippen LogP contribution is -2.19. The Hall–Kier alpha value is -1.27. The fraction of sp³-hybridized carbons (Fsp3) is 0.571. The summed E-state index contributed by atoms with van der Waals surface area (Å²) in [7, 11) is -1.69. The minimum absolute atomic E-state index is 0.146. The molecule has 5 nitrogen and oxygen atoms in total. The Labute approximate surface area is 121 Å². The van der Waals surface area contributed by atoms with E-state index in [4.69, 9.17) is 4.74 Å². The topological polar surface area (TPSA) is 67.4 Å². The fourth-order valence-electron chi connectivity index (χ4n) is 1.73. The van der Waals surface area contributed by atoms with Gasteiger partial charge in [-0.2, -0.15) is 0 Å². The average molecular weight is 300 g/mol. The van der Waals surface area contributed by atoms with Crippen LogP contribution in [0.25, 0.3) is 0 Å². The lowest BCUT2D eigenvalue weighted by atomic mass is 10.3. The number of ether oxygens (including phenoxy) is 1. The predicted octanol–water partition coefficient (Wildman–Crippen LogP) is 2.22. The van der Waals surface area contributed by atoms with Crippen LogP contribution in [0.4, 0.5) is 5.69 Å². The molecule has 0 radical (unpaired) electrons. The zero-order valence-corrected chi connectivity index (χ0v) is 13.0. The molecule has 0 heterocycles. The monoisotopic (exact) mass is 300 g/mol. The molecule has 0 spiro atoms. The molecule has 1 aromatic rings. The van der Waals surface area contributed by atoms with Crippen LogP contribution in [0.5, 0.6) is 5.75 Å². The van der Waals surface area contributed by atoms with E-state index in [1.807, 2.05) is 0 Å². The molecule has 0 aliphatic heterocycles. The van der Waals surface area contributed by atoms with Gasteiger partial charge in [-0.25, -0.2) is 8.42 Å². The highest BCUT2D eigenvalue weighted by molar-refractivity contribution is 7.92. The molecule has 20 heavy (non-hydrogen) atoms. The van der Waals surface area contributed by atoms with Crippen molar-refractivity contribution in [3.8, 4) is 5.75 Å². The van der Waals surface area contributed by atoms with Crippen LogP contribution >= 0.6 is 0 Å². The van der Waals surface area contributed by atoms with Crippen molar-refractivity contribution < 1.29 is 13.2 Å². The fourth-order valence-corrected chi connectivity index (χ4v) is 2.91. The van der Waals surface area contributed by atoms with Gasteiger partial charge in [0.25, 0.3) is 0 Å². The Kier molecular flexibility index (Phi) is 7.40. The second-order valence-electron chi connectivity index (χ2n) is 4.61. The van der Waals surface area contributed by atoms with Gasteiger partial charge in [0.05, 0.1) is 12.9 Å². The first kappa shape index (κ1) is 16.8. The molecular weight excluding hydrogens is 276 g/mol. The van der Waals surface area contributed by atoms with Gasteiger partial charge in [0.1, 0.15) is 5.75 Å². The first-order valence-corrected chi connectivity index (χ1v) is 8.58. The van der Waals surface area contributed by atoms with Crippen molar-refractivity contribution in [3.63, 3.8) is 0 Å². The summed E-state index contributed by atoms with van der Waals surface area (Å²) in [5.41, 5.74) is 0.565. The lowest BCUT2D eigenvalue weighted by Gasteiger charge is -2.09. The first-order valence-electron chi connectivity index (χ1n) is 6.92. The van der Waals surface area contributed by atoms with Crippen LogP contribution in [0.3, 0.4) is 0 Å². The number of rotatable bonds is 10. The van der Waals surface area contributed by atoms with Crippen LogP contribution in [-0.4, -0.2) is 34.4 Å². The van der Waals surface area contributed by atoms with Crippen LogP contribution in [-0.2, 0) is 10.0 Å². The maximum atomic E-state index is 11.9. The van der Waals surface area contributed by atoms with E-state index < -0.39 is 10.0 Å². The summed E-state index contributed by atoms with van der Waals surface area (Å²) in [6.07, 6.45) is 2.61. The number of nitrogens with one attached hydrogen (secondary N) is 2. The van der Waals surface area contributed by atoms with Gasteiger partial charge in [-0.1, -0.05) is 6.92 Å². The van der Waals surface area contributed by atoms with Gasteiger partial charge in [0.15, 0.2) is 0 Å². The van der Waals surface area contributed by atoms with E-state index in [9.17, 15) is 8.42 Å². The molecule has 6 heteroatoms. The van der Waals surface area contributed by atoms with Crippen LogP contribution < -0.4 is 14.8 Å². The van der Waals surface area contributed by atoms with Crippen molar-refractivity contribution >= 4 is 15.7 Å². The molecule has 0 aliphatic carbocycles. The molecule has 0 fully saturated rings. The van der Waals surface area contributed by atoms with E-state index in [1.54, 1.807) is 31.4 Å². The predicted molar refractivity (Wildman–Crippen MR) is 82.8 cm³/mol. The van der Waals surface area contributed by atoms with Crippen molar-refractivity contribution in [3.05, 3.63) is 24.3 Å². The third-order valence-electron chi connectivity index (χ3n) is 2.81. The largest absolute Gasteiger partial charge is 0.497 e. The van der Waals surface area contributed by atoms with Crippen molar-refractivity contribution in [1.29, 1.82) is 0 Å². The van der Waals surface area contributed by atoms with Crippen LogP contribution in [0.2, 0.25) is 0 Å². The zero-order valence-electron chi connectivity index (χ0n) is 12.2. The Morgan fingerprint density at radius 3 is 2.40 bits per heavy atom. The van der Waals surface area contributed by atoms with Crippen LogP contribution in [0, 0.1) is 0 Å². The molecule has 0 saturated carbocycles. The van der Waals surface area contributed by atoms with Gasteiger partial charge >= 0.3 is 0 Å².